The number of carbonyl (C=O) groups excluding carboxylic acids is 1. The number of hydrogen-bond donors (Lipinski definition) is 1. The lowest BCUT2D eigenvalue weighted by molar-refractivity contribution is -0.109. The minimum Gasteiger partial charge on any atom is -0.386 e. The monoisotopic (exact) mass is 214 g/mol. The molecule has 1 aliphatic rings. The minimum atomic E-state index is -0.983. The third kappa shape index (κ3) is 2.12. The van der Waals surface area contributed by atoms with E-state index in [1.54, 1.807) is 32.1 Å². The summed E-state index contributed by atoms with van der Waals surface area (Å²) in [6.45, 7) is 3.32. The molecule has 1 N–H and O–H groups in total. The standard InChI is InChI=1S/C14H14O2/c1-14(2,16)9-12-11-6-4-3-5-10(11)7-8-13(12)15/h3-9,16H,1-2H3/b12-9+. The molecule has 0 fully saturated rings. The second-order valence-electron chi connectivity index (χ2n) is 4.50. The number of hydrogen-bond acceptors (Lipinski definition) is 2. The Hall–Kier alpha value is -1.67. The van der Waals surface area contributed by atoms with E-state index in [0.29, 0.717) is 5.57 Å². The van der Waals surface area contributed by atoms with Crippen molar-refractivity contribution in [1.29, 1.82) is 0 Å². The van der Waals surface area contributed by atoms with Gasteiger partial charge in [-0.2, -0.15) is 0 Å². The third-order valence-corrected chi connectivity index (χ3v) is 2.43. The van der Waals surface area contributed by atoms with Crippen LogP contribution in [0.5, 0.6) is 0 Å². The van der Waals surface area contributed by atoms with Gasteiger partial charge in [-0.15, -0.1) is 0 Å². The fourth-order valence-corrected chi connectivity index (χ4v) is 1.78. The number of benzene rings is 1. The zero-order valence-corrected chi connectivity index (χ0v) is 9.40. The van der Waals surface area contributed by atoms with E-state index in [1.807, 2.05) is 24.3 Å². The Kier molecular flexibility index (Phi) is 2.52. The second-order valence-corrected chi connectivity index (χ2v) is 4.50. The highest BCUT2D eigenvalue weighted by atomic mass is 16.3. The van der Waals surface area contributed by atoms with Crippen LogP contribution in [-0.2, 0) is 4.79 Å². The molecule has 0 aromatic heterocycles. The van der Waals surface area contributed by atoms with Crippen molar-refractivity contribution in [3.63, 3.8) is 0 Å². The van der Waals surface area contributed by atoms with Crippen molar-refractivity contribution in [2.24, 2.45) is 0 Å². The Morgan fingerprint density at radius 2 is 1.88 bits per heavy atom. The van der Waals surface area contributed by atoms with Gasteiger partial charge in [0, 0.05) is 5.57 Å². The molecule has 0 radical (unpaired) electrons. The van der Waals surface area contributed by atoms with Crippen LogP contribution in [0.15, 0.2) is 36.4 Å². The molecule has 0 saturated carbocycles. The van der Waals surface area contributed by atoms with Crippen molar-refractivity contribution in [3.8, 4) is 0 Å². The zero-order valence-electron chi connectivity index (χ0n) is 9.40. The topological polar surface area (TPSA) is 37.3 Å². The first-order valence-corrected chi connectivity index (χ1v) is 5.24. The predicted molar refractivity (Wildman–Crippen MR) is 64.8 cm³/mol. The van der Waals surface area contributed by atoms with Gasteiger partial charge >= 0.3 is 0 Å². The summed E-state index contributed by atoms with van der Waals surface area (Å²) in [6.07, 6.45) is 4.96. The number of aliphatic hydroxyl groups is 1. The summed E-state index contributed by atoms with van der Waals surface area (Å²) in [5.74, 6) is -0.0548. The fourth-order valence-electron chi connectivity index (χ4n) is 1.78. The lowest BCUT2D eigenvalue weighted by Gasteiger charge is -2.18. The Morgan fingerprint density at radius 3 is 2.56 bits per heavy atom. The van der Waals surface area contributed by atoms with E-state index in [4.69, 9.17) is 0 Å². The second kappa shape index (κ2) is 3.72. The first-order valence-electron chi connectivity index (χ1n) is 5.24. The molecule has 0 unspecified atom stereocenters. The van der Waals surface area contributed by atoms with E-state index in [9.17, 15) is 9.90 Å². The molecule has 1 aromatic carbocycles. The lowest BCUT2D eigenvalue weighted by Crippen LogP contribution is -2.17. The minimum absolute atomic E-state index is 0.0548. The molecule has 2 heteroatoms. The first-order chi connectivity index (χ1) is 7.47. The molecule has 0 spiro atoms. The van der Waals surface area contributed by atoms with Crippen molar-refractivity contribution in [3.05, 3.63) is 47.5 Å². The van der Waals surface area contributed by atoms with Crippen molar-refractivity contribution < 1.29 is 9.90 Å². The normalized spacial score (nSPS) is 17.7. The van der Waals surface area contributed by atoms with Gasteiger partial charge in [0.1, 0.15) is 0 Å². The van der Waals surface area contributed by atoms with Crippen LogP contribution in [0.2, 0.25) is 0 Å². The van der Waals surface area contributed by atoms with Crippen LogP contribution in [-0.4, -0.2) is 16.5 Å². The maximum Gasteiger partial charge on any atom is 0.186 e. The van der Waals surface area contributed by atoms with Gasteiger partial charge < -0.3 is 5.11 Å². The predicted octanol–water partition coefficient (Wildman–Crippen LogP) is 2.44. The maximum atomic E-state index is 11.8. The summed E-state index contributed by atoms with van der Waals surface area (Å²) >= 11 is 0. The first kappa shape index (κ1) is 10.8. The van der Waals surface area contributed by atoms with Crippen LogP contribution in [0, 0.1) is 0 Å². The van der Waals surface area contributed by atoms with Crippen molar-refractivity contribution in [2.75, 3.05) is 0 Å². The van der Waals surface area contributed by atoms with Gasteiger partial charge in [0.25, 0.3) is 0 Å². The average Bonchev–Trinajstić information content (AvgIpc) is 2.21. The molecule has 0 atom stereocenters. The average molecular weight is 214 g/mol. The summed E-state index contributed by atoms with van der Waals surface area (Å²) < 4.78 is 0. The molecule has 0 aliphatic heterocycles. The van der Waals surface area contributed by atoms with E-state index >= 15 is 0 Å². The van der Waals surface area contributed by atoms with E-state index < -0.39 is 5.60 Å². The van der Waals surface area contributed by atoms with Gasteiger partial charge in [-0.1, -0.05) is 30.3 Å². The zero-order chi connectivity index (χ0) is 11.8. The van der Waals surface area contributed by atoms with Crippen LogP contribution in [0.4, 0.5) is 0 Å². The molecule has 1 aromatic rings. The SMILES string of the molecule is CC(C)(O)/C=C1/C(=O)C=Cc2ccccc21. The fraction of sp³-hybridized carbons (Fsp3) is 0.214. The van der Waals surface area contributed by atoms with Crippen molar-refractivity contribution in [2.45, 2.75) is 19.4 Å². The number of ketones is 1. The smallest absolute Gasteiger partial charge is 0.186 e. The summed E-state index contributed by atoms with van der Waals surface area (Å²) in [4.78, 5) is 11.8. The molecular weight excluding hydrogens is 200 g/mol. The van der Waals surface area contributed by atoms with Crippen LogP contribution in [0.25, 0.3) is 11.6 Å². The summed E-state index contributed by atoms with van der Waals surface area (Å²) in [5, 5.41) is 9.76. The molecule has 2 nitrogen and oxygen atoms in total. The summed E-state index contributed by atoms with van der Waals surface area (Å²) in [7, 11) is 0. The Balaban J connectivity index is 2.59. The quantitative estimate of drug-likeness (QED) is 0.729. The third-order valence-electron chi connectivity index (χ3n) is 2.43. The van der Waals surface area contributed by atoms with Crippen LogP contribution < -0.4 is 0 Å². The number of carbonyl (C=O) groups is 1. The maximum absolute atomic E-state index is 11.8. The molecule has 0 bridgehead atoms. The Bertz CT molecular complexity index is 488. The number of rotatable bonds is 1. The molecule has 2 rings (SSSR count). The van der Waals surface area contributed by atoms with Crippen LogP contribution in [0.1, 0.15) is 25.0 Å². The van der Waals surface area contributed by atoms with E-state index in [2.05, 4.69) is 0 Å². The van der Waals surface area contributed by atoms with Gasteiger partial charge in [-0.3, -0.25) is 4.79 Å². The van der Waals surface area contributed by atoms with E-state index in [0.717, 1.165) is 11.1 Å². The molecule has 16 heavy (non-hydrogen) atoms. The van der Waals surface area contributed by atoms with Gasteiger partial charge in [-0.05, 0) is 37.1 Å². The molecule has 0 saturated heterocycles. The van der Waals surface area contributed by atoms with Gasteiger partial charge in [0.15, 0.2) is 5.78 Å². The molecular formula is C14H14O2. The summed E-state index contributed by atoms with van der Waals surface area (Å²) in [5.41, 5.74) is 1.49. The highest BCUT2D eigenvalue weighted by molar-refractivity contribution is 6.29. The molecule has 82 valence electrons. The Morgan fingerprint density at radius 1 is 1.19 bits per heavy atom. The van der Waals surface area contributed by atoms with Gasteiger partial charge in [0.05, 0.1) is 5.60 Å². The summed E-state index contributed by atoms with van der Waals surface area (Å²) in [6, 6.07) is 7.68. The lowest BCUT2D eigenvalue weighted by atomic mass is 9.89. The number of allylic oxidation sites excluding steroid dienone is 2. The van der Waals surface area contributed by atoms with E-state index in [-0.39, 0.29) is 5.78 Å². The van der Waals surface area contributed by atoms with Crippen LogP contribution >= 0.6 is 0 Å². The van der Waals surface area contributed by atoms with Crippen molar-refractivity contribution in [1.82, 2.24) is 0 Å². The highest BCUT2D eigenvalue weighted by Crippen LogP contribution is 2.28. The molecule has 1 aliphatic carbocycles. The van der Waals surface area contributed by atoms with Gasteiger partial charge in [-0.25, -0.2) is 0 Å². The Labute approximate surface area is 94.9 Å². The number of fused-ring (bicyclic) bond motifs is 1. The van der Waals surface area contributed by atoms with E-state index in [1.165, 1.54) is 0 Å². The molecule has 0 amide bonds. The van der Waals surface area contributed by atoms with Crippen LogP contribution in [0.3, 0.4) is 0 Å². The highest BCUT2D eigenvalue weighted by Gasteiger charge is 2.20. The largest absolute Gasteiger partial charge is 0.386 e. The van der Waals surface area contributed by atoms with Gasteiger partial charge in [0.2, 0.25) is 0 Å². The molecule has 0 heterocycles. The van der Waals surface area contributed by atoms with Crippen molar-refractivity contribution >= 4 is 17.4 Å².